The molecular weight excluding hydrogens is 293 g/mol. The van der Waals surface area contributed by atoms with Gasteiger partial charge in [0.15, 0.2) is 11.9 Å². The molecule has 3 nitrogen and oxygen atoms in total. The average Bonchev–Trinajstić information content (AvgIpc) is 2.44. The molecule has 2 aromatic carbocycles. The van der Waals surface area contributed by atoms with Crippen LogP contribution >= 0.6 is 11.6 Å². The molecule has 0 saturated heterocycles. The second-order valence-electron chi connectivity index (χ2n) is 4.67. The number of carbonyl (C=O) groups excluding carboxylic acids is 1. The van der Waals surface area contributed by atoms with Gasteiger partial charge in [0.1, 0.15) is 5.75 Å². The topological polar surface area (TPSA) is 38.3 Å². The van der Waals surface area contributed by atoms with E-state index in [-0.39, 0.29) is 10.7 Å². The minimum absolute atomic E-state index is 0.0344. The summed E-state index contributed by atoms with van der Waals surface area (Å²) in [4.78, 5) is 12.0. The first kappa shape index (κ1) is 15.3. The maximum absolute atomic E-state index is 13.7. The molecule has 0 aliphatic carbocycles. The molecule has 0 spiro atoms. The summed E-state index contributed by atoms with van der Waals surface area (Å²) < 4.78 is 19.2. The van der Waals surface area contributed by atoms with Crippen molar-refractivity contribution in [1.82, 2.24) is 0 Å². The summed E-state index contributed by atoms with van der Waals surface area (Å²) in [6.07, 6.45) is -0.759. The summed E-state index contributed by atoms with van der Waals surface area (Å²) in [5, 5.41) is 2.42. The van der Waals surface area contributed by atoms with Crippen LogP contribution in [0.5, 0.6) is 5.75 Å². The Morgan fingerprint density at radius 3 is 2.71 bits per heavy atom. The number of ether oxygens (including phenoxy) is 1. The first-order valence-corrected chi connectivity index (χ1v) is 6.83. The Kier molecular flexibility index (Phi) is 4.81. The lowest BCUT2D eigenvalue weighted by molar-refractivity contribution is -0.122. The predicted octanol–water partition coefficient (Wildman–Crippen LogP) is 4.19. The summed E-state index contributed by atoms with van der Waals surface area (Å²) in [7, 11) is 0. The average molecular weight is 308 g/mol. The lowest BCUT2D eigenvalue weighted by Gasteiger charge is -2.15. The van der Waals surface area contributed by atoms with Crippen molar-refractivity contribution in [3.05, 3.63) is 58.9 Å². The van der Waals surface area contributed by atoms with Gasteiger partial charge in [-0.2, -0.15) is 0 Å². The highest BCUT2D eigenvalue weighted by Gasteiger charge is 2.17. The molecule has 2 rings (SSSR count). The number of hydrogen-bond donors (Lipinski definition) is 1. The van der Waals surface area contributed by atoms with Gasteiger partial charge in [-0.25, -0.2) is 4.39 Å². The van der Waals surface area contributed by atoms with E-state index in [0.29, 0.717) is 5.75 Å². The second kappa shape index (κ2) is 6.59. The SMILES string of the molecule is Cc1cccc(O[C@@H](C)C(=O)Nc2cccc(Cl)c2F)c1. The highest BCUT2D eigenvalue weighted by atomic mass is 35.5. The molecule has 0 heterocycles. The zero-order chi connectivity index (χ0) is 15.4. The summed E-state index contributed by atoms with van der Waals surface area (Å²) in [6, 6.07) is 11.8. The van der Waals surface area contributed by atoms with Gasteiger partial charge in [0.2, 0.25) is 0 Å². The standard InChI is InChI=1S/C16H15ClFNO2/c1-10-5-3-6-12(9-10)21-11(2)16(20)19-14-8-4-7-13(17)15(14)18/h3-9,11H,1-2H3,(H,19,20)/t11-/m0/s1. The third-order valence-electron chi connectivity index (χ3n) is 2.88. The molecule has 0 aliphatic rings. The number of nitrogens with one attached hydrogen (secondary N) is 1. The van der Waals surface area contributed by atoms with E-state index >= 15 is 0 Å². The van der Waals surface area contributed by atoms with Crippen LogP contribution in [0.25, 0.3) is 0 Å². The van der Waals surface area contributed by atoms with Crippen molar-refractivity contribution in [1.29, 1.82) is 0 Å². The van der Waals surface area contributed by atoms with Crippen molar-refractivity contribution < 1.29 is 13.9 Å². The predicted molar refractivity (Wildman–Crippen MR) is 81.3 cm³/mol. The molecule has 2 aromatic rings. The largest absolute Gasteiger partial charge is 0.481 e. The lowest BCUT2D eigenvalue weighted by Crippen LogP contribution is -2.30. The van der Waals surface area contributed by atoms with E-state index in [1.807, 2.05) is 25.1 Å². The van der Waals surface area contributed by atoms with Gasteiger partial charge in [0.05, 0.1) is 10.7 Å². The zero-order valence-electron chi connectivity index (χ0n) is 11.7. The molecule has 0 radical (unpaired) electrons. The van der Waals surface area contributed by atoms with Crippen LogP contribution in [0.2, 0.25) is 5.02 Å². The molecule has 0 aromatic heterocycles. The van der Waals surface area contributed by atoms with E-state index in [9.17, 15) is 9.18 Å². The quantitative estimate of drug-likeness (QED) is 0.919. The fraction of sp³-hybridized carbons (Fsp3) is 0.188. The molecule has 0 fully saturated rings. The van der Waals surface area contributed by atoms with Crippen molar-refractivity contribution >= 4 is 23.2 Å². The number of rotatable bonds is 4. The minimum atomic E-state index is -0.759. The van der Waals surface area contributed by atoms with Gasteiger partial charge >= 0.3 is 0 Å². The second-order valence-corrected chi connectivity index (χ2v) is 5.07. The minimum Gasteiger partial charge on any atom is -0.481 e. The summed E-state index contributed by atoms with van der Waals surface area (Å²) in [5.41, 5.74) is 1.06. The van der Waals surface area contributed by atoms with E-state index in [1.165, 1.54) is 12.1 Å². The van der Waals surface area contributed by atoms with Crippen LogP contribution in [0.3, 0.4) is 0 Å². The van der Waals surface area contributed by atoms with Crippen LogP contribution in [0.15, 0.2) is 42.5 Å². The molecule has 1 N–H and O–H groups in total. The maximum atomic E-state index is 13.7. The van der Waals surface area contributed by atoms with Gasteiger partial charge in [0, 0.05) is 0 Å². The van der Waals surface area contributed by atoms with Crippen molar-refractivity contribution in [3.63, 3.8) is 0 Å². The molecule has 5 heteroatoms. The number of carbonyl (C=O) groups is 1. The third-order valence-corrected chi connectivity index (χ3v) is 3.17. The van der Waals surface area contributed by atoms with Crippen molar-refractivity contribution in [2.75, 3.05) is 5.32 Å². The van der Waals surface area contributed by atoms with Gasteiger partial charge in [0.25, 0.3) is 5.91 Å². The highest BCUT2D eigenvalue weighted by molar-refractivity contribution is 6.31. The molecule has 0 aliphatic heterocycles. The molecule has 21 heavy (non-hydrogen) atoms. The van der Waals surface area contributed by atoms with Gasteiger partial charge < -0.3 is 10.1 Å². The molecule has 0 saturated carbocycles. The van der Waals surface area contributed by atoms with Crippen molar-refractivity contribution in [2.24, 2.45) is 0 Å². The summed E-state index contributed by atoms with van der Waals surface area (Å²) >= 11 is 5.67. The maximum Gasteiger partial charge on any atom is 0.265 e. The van der Waals surface area contributed by atoms with Gasteiger partial charge in [-0.1, -0.05) is 29.8 Å². The van der Waals surface area contributed by atoms with Gasteiger partial charge in [-0.15, -0.1) is 0 Å². The van der Waals surface area contributed by atoms with E-state index in [1.54, 1.807) is 19.1 Å². The monoisotopic (exact) mass is 307 g/mol. The van der Waals surface area contributed by atoms with E-state index in [0.717, 1.165) is 5.56 Å². The lowest BCUT2D eigenvalue weighted by atomic mass is 10.2. The number of aryl methyl sites for hydroxylation is 1. The Balaban J connectivity index is 2.04. The zero-order valence-corrected chi connectivity index (χ0v) is 12.4. The Morgan fingerprint density at radius 1 is 1.29 bits per heavy atom. The molecule has 0 bridgehead atoms. The molecule has 1 amide bonds. The molecule has 1 atom stereocenters. The Bertz CT molecular complexity index is 660. The molecule has 110 valence electrons. The molecular formula is C16H15ClFNO2. The van der Waals surface area contributed by atoms with Crippen LogP contribution in [-0.2, 0) is 4.79 Å². The normalized spacial score (nSPS) is 11.8. The molecule has 0 unspecified atom stereocenters. The van der Waals surface area contributed by atoms with Crippen LogP contribution in [0, 0.1) is 12.7 Å². The highest BCUT2D eigenvalue weighted by Crippen LogP contribution is 2.22. The third kappa shape index (κ3) is 3.95. The summed E-state index contributed by atoms with van der Waals surface area (Å²) in [6.45, 7) is 3.53. The Hall–Kier alpha value is -2.07. The first-order chi connectivity index (χ1) is 9.97. The Labute approximate surface area is 127 Å². The first-order valence-electron chi connectivity index (χ1n) is 6.45. The van der Waals surface area contributed by atoms with Crippen LogP contribution in [0.1, 0.15) is 12.5 Å². The fourth-order valence-corrected chi connectivity index (χ4v) is 1.96. The fourth-order valence-electron chi connectivity index (χ4n) is 1.78. The number of halogens is 2. The van der Waals surface area contributed by atoms with E-state index in [2.05, 4.69) is 5.32 Å². The Morgan fingerprint density at radius 2 is 2.00 bits per heavy atom. The summed E-state index contributed by atoms with van der Waals surface area (Å²) in [5.74, 6) is -0.517. The van der Waals surface area contributed by atoms with E-state index < -0.39 is 17.8 Å². The smallest absolute Gasteiger partial charge is 0.265 e. The number of anilines is 1. The van der Waals surface area contributed by atoms with E-state index in [4.69, 9.17) is 16.3 Å². The van der Waals surface area contributed by atoms with Gasteiger partial charge in [-0.3, -0.25) is 4.79 Å². The van der Waals surface area contributed by atoms with Crippen molar-refractivity contribution in [3.8, 4) is 5.75 Å². The van der Waals surface area contributed by atoms with Crippen molar-refractivity contribution in [2.45, 2.75) is 20.0 Å². The van der Waals surface area contributed by atoms with Crippen LogP contribution in [0.4, 0.5) is 10.1 Å². The number of hydrogen-bond acceptors (Lipinski definition) is 2. The van der Waals surface area contributed by atoms with Crippen LogP contribution < -0.4 is 10.1 Å². The number of amides is 1. The van der Waals surface area contributed by atoms with Crippen LogP contribution in [-0.4, -0.2) is 12.0 Å². The van der Waals surface area contributed by atoms with Gasteiger partial charge in [-0.05, 0) is 43.7 Å². The number of benzene rings is 2.